The zero-order valence-electron chi connectivity index (χ0n) is 78.8. The van der Waals surface area contributed by atoms with E-state index < -0.39 is 155 Å². The van der Waals surface area contributed by atoms with Crippen molar-refractivity contribution in [3.05, 3.63) is 219 Å². The fourth-order valence-corrected chi connectivity index (χ4v) is 23.8. The van der Waals surface area contributed by atoms with E-state index in [0.29, 0.717) is 95.7 Å². The summed E-state index contributed by atoms with van der Waals surface area (Å²) in [4.78, 5) is 259. The van der Waals surface area contributed by atoms with Gasteiger partial charge in [-0.3, -0.25) is 76.8 Å². The molecule has 758 valence electrons. The molecule has 8 heterocycles. The van der Waals surface area contributed by atoms with Crippen molar-refractivity contribution in [2.75, 3.05) is 102 Å². The van der Waals surface area contributed by atoms with Crippen molar-refractivity contribution in [1.29, 1.82) is 0 Å². The van der Waals surface area contributed by atoms with E-state index in [-0.39, 0.29) is 174 Å². The minimum atomic E-state index is -1.07. The first-order valence-electron chi connectivity index (χ1n) is 47.4. The predicted octanol–water partition coefficient (Wildman–Crippen LogP) is 16.4. The SMILES string of the molecule is COC(=O)c1cc(I)ccc1NC(=O)[C@@H]1CCCN1C(=O)c1cc(I)ccc1NC(=O)[C@@H]1CCCN1C(=O)c1cc(I)ccc1NC(=O)[C@@H]1CCCN1C(=O)c1cc(I)ccc1NC(=O)[C@@H]1CCCN1C(=O)c1cc(I)ccc1NC(=O)[C@@H]1CCCN1C(=O)c1cc(I)ccc1NC(=O)[C@@H]1CCCN1C(=O)c1cc(I)ccc1NC(=O)[C@@H]1CCCN1C(=O)c1cc(I)ccc1NC(=O)[C@@H]1CCCN1C(=O)OC(C)(C)C. The number of carbonyl (C=O) groups excluding carboxylic acids is 17. The lowest BCUT2D eigenvalue weighted by Gasteiger charge is -2.29. The van der Waals surface area contributed by atoms with Crippen LogP contribution in [0.4, 0.5) is 50.3 Å². The van der Waals surface area contributed by atoms with Gasteiger partial charge in [-0.15, -0.1) is 0 Å². The summed E-state index contributed by atoms with van der Waals surface area (Å²) in [5.74, 6) is -9.07. The molecule has 8 saturated heterocycles. The Morgan fingerprint density at radius 1 is 0.234 bits per heavy atom. The van der Waals surface area contributed by atoms with Crippen LogP contribution in [0.5, 0.6) is 0 Å². The van der Waals surface area contributed by atoms with Gasteiger partial charge in [-0.1, -0.05) is 0 Å². The number of ether oxygens (including phenoxy) is 2. The molecule has 8 N–H and O–H groups in total. The second-order valence-electron chi connectivity index (χ2n) is 37.4. The molecule has 8 fully saturated rings. The Labute approximate surface area is 944 Å². The first kappa shape index (κ1) is 108. The van der Waals surface area contributed by atoms with Crippen LogP contribution in [0.15, 0.2) is 146 Å². The number of nitrogens with zero attached hydrogens (tertiary/aromatic N) is 8. The van der Waals surface area contributed by atoms with Crippen molar-refractivity contribution in [3.8, 4) is 0 Å². The first-order valence-corrected chi connectivity index (χ1v) is 56.0. The lowest BCUT2D eigenvalue weighted by atomic mass is 10.1. The van der Waals surface area contributed by atoms with E-state index in [4.69, 9.17) is 9.47 Å². The van der Waals surface area contributed by atoms with Gasteiger partial charge in [0.1, 0.15) is 53.9 Å². The fourth-order valence-electron chi connectivity index (χ4n) is 19.9. The van der Waals surface area contributed by atoms with E-state index in [0.717, 1.165) is 3.57 Å². The van der Waals surface area contributed by atoms with E-state index in [1.54, 1.807) is 166 Å². The van der Waals surface area contributed by atoms with Crippen molar-refractivity contribution < 1.29 is 91.0 Å². The molecule has 35 nitrogen and oxygen atoms in total. The van der Waals surface area contributed by atoms with Crippen LogP contribution in [-0.2, 0) is 47.8 Å². The van der Waals surface area contributed by atoms with Crippen molar-refractivity contribution in [1.82, 2.24) is 39.2 Å². The fraction of sp³-hybridized carbons (Fsp3) is 0.363. The minimum absolute atomic E-state index is 0.0636. The van der Waals surface area contributed by atoms with E-state index in [2.05, 4.69) is 201 Å². The molecular weight excluding hydrogens is 2770 g/mol. The van der Waals surface area contributed by atoms with E-state index in [1.165, 1.54) is 46.3 Å². The maximum absolute atomic E-state index is 15.2. The van der Waals surface area contributed by atoms with Gasteiger partial charge in [-0.2, -0.15) is 0 Å². The van der Waals surface area contributed by atoms with Gasteiger partial charge in [0.05, 0.1) is 97.1 Å². The minimum Gasteiger partial charge on any atom is -0.465 e. The second kappa shape index (κ2) is 47.1. The summed E-state index contributed by atoms with van der Waals surface area (Å²) in [6.45, 7) is 6.76. The number of benzene rings is 8. The number of nitrogens with one attached hydrogen (secondary N) is 8. The Hall–Kier alpha value is -9.61. The lowest BCUT2D eigenvalue weighted by Crippen LogP contribution is -2.46. The molecule has 8 aliphatic heterocycles. The molecule has 0 aromatic heterocycles. The van der Waals surface area contributed by atoms with Crippen molar-refractivity contribution in [2.45, 2.75) is 177 Å². The molecule has 8 aromatic carbocycles. The van der Waals surface area contributed by atoms with Gasteiger partial charge in [0, 0.05) is 80.9 Å². The molecule has 0 unspecified atom stereocenters. The van der Waals surface area contributed by atoms with Crippen LogP contribution < -0.4 is 42.5 Å². The first-order chi connectivity index (χ1) is 69.3. The Morgan fingerprint density at radius 2 is 0.379 bits per heavy atom. The molecular formula is C102H100I8N16O19. The highest BCUT2D eigenvalue weighted by Gasteiger charge is 2.47. The number of likely N-dealkylation sites (tertiary alicyclic amines) is 8. The molecule has 43 heteroatoms. The molecule has 8 aromatic rings. The topological polar surface area (TPSA) is 431 Å². The van der Waals surface area contributed by atoms with Crippen molar-refractivity contribution in [2.24, 2.45) is 0 Å². The van der Waals surface area contributed by atoms with Crippen LogP contribution in [0, 0.1) is 28.6 Å². The monoisotopic (exact) mass is 2870 g/mol. The summed E-state index contributed by atoms with van der Waals surface area (Å²) >= 11 is 16.4. The Kier molecular flexibility index (Phi) is 35.1. The molecule has 8 atom stereocenters. The van der Waals surface area contributed by atoms with Crippen LogP contribution in [0.2, 0.25) is 0 Å². The summed E-state index contributed by atoms with van der Waals surface area (Å²) in [6.07, 6.45) is 5.25. The Bertz CT molecular complexity index is 6500. The number of hydrogen-bond acceptors (Lipinski definition) is 19. The van der Waals surface area contributed by atoms with Gasteiger partial charge in [-0.25, -0.2) is 9.59 Å². The van der Waals surface area contributed by atoms with Gasteiger partial charge in [0.15, 0.2) is 0 Å². The van der Waals surface area contributed by atoms with Crippen LogP contribution >= 0.6 is 181 Å². The van der Waals surface area contributed by atoms with Crippen molar-refractivity contribution >= 4 is 327 Å². The molecule has 145 heavy (non-hydrogen) atoms. The van der Waals surface area contributed by atoms with Gasteiger partial charge in [0.2, 0.25) is 47.3 Å². The number of amides is 16. The van der Waals surface area contributed by atoms with Crippen LogP contribution in [0.1, 0.15) is 206 Å². The van der Waals surface area contributed by atoms with Gasteiger partial charge in [0.25, 0.3) is 41.4 Å². The normalized spacial score (nSPS) is 19.7. The summed E-state index contributed by atoms with van der Waals surface area (Å²) in [5, 5.41) is 23.4. The molecule has 0 bridgehead atoms. The molecule has 0 spiro atoms. The largest absolute Gasteiger partial charge is 0.465 e. The number of hydrogen-bond donors (Lipinski definition) is 8. The third-order valence-electron chi connectivity index (χ3n) is 26.8. The molecule has 0 radical (unpaired) electrons. The van der Waals surface area contributed by atoms with Crippen molar-refractivity contribution in [3.63, 3.8) is 0 Å². The smallest absolute Gasteiger partial charge is 0.410 e. The highest BCUT2D eigenvalue weighted by Crippen LogP contribution is 2.40. The molecule has 16 amide bonds. The maximum atomic E-state index is 15.2. The maximum Gasteiger partial charge on any atom is 0.410 e. The summed E-state index contributed by atoms with van der Waals surface area (Å²) in [5.41, 5.74) is 1.20. The quantitative estimate of drug-likeness (QED) is 0.0206. The Balaban J connectivity index is 0.541. The average Bonchev–Trinajstić information content (AvgIpc) is 1.71. The molecule has 16 rings (SSSR count). The van der Waals surface area contributed by atoms with E-state index >= 15 is 24.0 Å². The van der Waals surface area contributed by atoms with Crippen LogP contribution in [0.3, 0.4) is 0 Å². The summed E-state index contributed by atoms with van der Waals surface area (Å²) in [6, 6.07) is 31.2. The van der Waals surface area contributed by atoms with Gasteiger partial charge < -0.3 is 86.3 Å². The van der Waals surface area contributed by atoms with Gasteiger partial charge in [-0.05, 0) is 450 Å². The zero-order chi connectivity index (χ0) is 103. The standard InChI is InChI=1S/C102H100I8N16O19/c1-102(2,3)145-101(143)126-44-12-20-84(126)92(134)117-75-35-27-59(109)51-67(75)99(141)124-42-10-18-82(124)90(132)115-73-33-25-57(107)49-65(73)97(139)122-40-8-16-80(122)88(130)113-71-31-23-55(105)47-63(71)95(137)120-38-6-14-78(120)86(128)111-69-29-21-53(103)45-61(69)93(135)119-37-5-13-77(119)85(127)112-70-30-22-54(104)46-62(70)94(136)121-39-7-15-79(121)87(129)114-72-32-24-56(106)48-64(72)96(138)123-41-9-17-81(123)89(131)116-74-34-26-58(108)50-66(74)98(140)125-43-11-19-83(125)91(133)118-76-36-28-60(110)52-68(76)100(142)144-4/h21-36,45-52,77-84H,5-20,37-44H2,1-4H3,(H,111,128)(H,112,127)(H,113,130)(H,114,129)(H,115,132)(H,116,131)(H,117,134)(H,118,133)/t77-,78-,79-,80-,81-,82-,83-,84-/m0/s1. The summed E-state index contributed by atoms with van der Waals surface area (Å²) < 4.78 is 15.9. The number of carbonyl (C=O) groups is 17. The Morgan fingerprint density at radius 3 is 0.538 bits per heavy atom. The van der Waals surface area contributed by atoms with E-state index in [1.807, 2.05) is 22.6 Å². The zero-order valence-corrected chi connectivity index (χ0v) is 96.1. The van der Waals surface area contributed by atoms with Crippen LogP contribution in [-0.4, -0.2) is 253 Å². The van der Waals surface area contributed by atoms with E-state index in [9.17, 15) is 57.5 Å². The highest BCUT2D eigenvalue weighted by molar-refractivity contribution is 14.1. The predicted molar refractivity (Wildman–Crippen MR) is 608 cm³/mol. The van der Waals surface area contributed by atoms with Gasteiger partial charge >= 0.3 is 12.1 Å². The number of methoxy groups -OCH3 is 1. The van der Waals surface area contributed by atoms with Crippen LogP contribution in [0.25, 0.3) is 0 Å². The third kappa shape index (κ3) is 24.6. The average molecular weight is 2870 g/mol. The number of esters is 1. The highest BCUT2D eigenvalue weighted by atomic mass is 127. The third-order valence-corrected chi connectivity index (χ3v) is 32.2. The molecule has 0 aliphatic carbocycles. The number of halogens is 8. The molecule has 0 saturated carbocycles. The lowest BCUT2D eigenvalue weighted by molar-refractivity contribution is -0.121. The summed E-state index contributed by atoms with van der Waals surface area (Å²) in [7, 11) is 1.24. The second-order valence-corrected chi connectivity index (χ2v) is 47.3. The number of anilines is 8. The molecule has 8 aliphatic rings. The number of rotatable bonds is 24.